The van der Waals surface area contributed by atoms with Gasteiger partial charge < -0.3 is 19.0 Å². The van der Waals surface area contributed by atoms with Crippen molar-refractivity contribution in [1.82, 2.24) is 0 Å². The Bertz CT molecular complexity index is 410. The molecule has 1 N–H and O–H groups in total. The number of aliphatic hydroxyl groups excluding tert-OH is 1. The highest BCUT2D eigenvalue weighted by atomic mass is 28.4. The summed E-state index contributed by atoms with van der Waals surface area (Å²) in [4.78, 5) is 0. The van der Waals surface area contributed by atoms with Crippen LogP contribution in [0, 0.1) is 0 Å². The quantitative estimate of drug-likeness (QED) is 0.332. The van der Waals surface area contributed by atoms with Gasteiger partial charge in [0.2, 0.25) is 0 Å². The maximum atomic E-state index is 9.67. The zero-order valence-electron chi connectivity index (χ0n) is 17.0. The maximum absolute atomic E-state index is 9.67. The Labute approximate surface area is 150 Å². The van der Waals surface area contributed by atoms with Crippen LogP contribution in [0.15, 0.2) is 16.9 Å². The third-order valence-corrected chi connectivity index (χ3v) is 9.15. The average Bonchev–Trinajstić information content (AvgIpc) is 2.50. The molecule has 0 fully saturated rings. The van der Waals surface area contributed by atoms with Crippen molar-refractivity contribution in [3.05, 3.63) is 16.9 Å². The van der Waals surface area contributed by atoms with Gasteiger partial charge in [0.25, 0.3) is 0 Å². The summed E-state index contributed by atoms with van der Waals surface area (Å²) in [7, 11) is -0.214. The molecule has 0 unspecified atom stereocenters. The van der Waals surface area contributed by atoms with Crippen LogP contribution >= 0.6 is 0 Å². The molecule has 0 bridgehead atoms. The van der Waals surface area contributed by atoms with E-state index in [1.165, 1.54) is 0 Å². The van der Waals surface area contributed by atoms with E-state index in [0.29, 0.717) is 6.61 Å². The lowest BCUT2D eigenvalue weighted by Gasteiger charge is -2.36. The fourth-order valence-corrected chi connectivity index (χ4v) is 2.90. The first-order valence-electron chi connectivity index (χ1n) is 8.89. The molecule has 0 aromatic rings. The fraction of sp³-hybridized carbons (Fsp3) is 0.842. The van der Waals surface area contributed by atoms with E-state index in [-0.39, 0.29) is 24.5 Å². The first-order valence-corrected chi connectivity index (χ1v) is 11.8. The molecule has 4 nitrogen and oxygen atoms in total. The Morgan fingerprint density at radius 3 is 2.33 bits per heavy atom. The van der Waals surface area contributed by atoms with E-state index in [4.69, 9.17) is 13.9 Å². The molecule has 24 heavy (non-hydrogen) atoms. The molecule has 0 saturated carbocycles. The zero-order chi connectivity index (χ0) is 18.8. The lowest BCUT2D eigenvalue weighted by molar-refractivity contribution is -0.0616. The standard InChI is InChI=1S/C19H38O4Si/c1-9-10-11-18(22-15-21-6)16(2)12-17(13-20)14-23-24(7,8)19(3,4)5/h18,20H,9-11,13-15H2,1-8H3/t12?,18-/m1/s1. The van der Waals surface area contributed by atoms with E-state index in [1.54, 1.807) is 7.11 Å². The number of ether oxygens (including phenoxy) is 2. The molecule has 5 heteroatoms. The normalized spacial score (nSPS) is 13.5. The average molecular weight is 359 g/mol. The monoisotopic (exact) mass is 358 g/mol. The molecule has 1 atom stereocenters. The van der Waals surface area contributed by atoms with Crippen LogP contribution in [-0.4, -0.2) is 46.6 Å². The van der Waals surface area contributed by atoms with Crippen molar-refractivity contribution in [2.45, 2.75) is 78.1 Å². The van der Waals surface area contributed by atoms with Crippen molar-refractivity contribution in [2.75, 3.05) is 27.1 Å². The molecule has 0 rings (SSSR count). The number of methoxy groups -OCH3 is 1. The van der Waals surface area contributed by atoms with Crippen LogP contribution < -0.4 is 0 Å². The predicted octanol–water partition coefficient (Wildman–Crippen LogP) is 4.65. The molecule has 0 aromatic carbocycles. The molecule has 0 amide bonds. The molecular weight excluding hydrogens is 320 g/mol. The van der Waals surface area contributed by atoms with Gasteiger partial charge in [0.1, 0.15) is 6.79 Å². The Balaban J connectivity index is 5.15. The lowest BCUT2D eigenvalue weighted by Crippen LogP contribution is -2.41. The second-order valence-electron chi connectivity index (χ2n) is 7.82. The summed E-state index contributed by atoms with van der Waals surface area (Å²) in [6.07, 6.45) is 3.10. The molecular formula is C19H38O4Si. The van der Waals surface area contributed by atoms with Gasteiger partial charge in [-0.3, -0.25) is 0 Å². The fourth-order valence-electron chi connectivity index (χ4n) is 1.93. The van der Waals surface area contributed by atoms with Crippen LogP contribution in [0.25, 0.3) is 0 Å². The van der Waals surface area contributed by atoms with Gasteiger partial charge in [-0.05, 0) is 37.0 Å². The first-order chi connectivity index (χ1) is 11.1. The zero-order valence-corrected chi connectivity index (χ0v) is 18.0. The van der Waals surface area contributed by atoms with E-state index in [9.17, 15) is 5.11 Å². The van der Waals surface area contributed by atoms with E-state index >= 15 is 0 Å². The van der Waals surface area contributed by atoms with Gasteiger partial charge in [-0.2, -0.15) is 0 Å². The molecule has 0 radical (unpaired) electrons. The molecule has 0 spiro atoms. The second-order valence-corrected chi connectivity index (χ2v) is 12.6. The van der Waals surface area contributed by atoms with Gasteiger partial charge in [-0.15, -0.1) is 5.73 Å². The summed E-state index contributed by atoms with van der Waals surface area (Å²) in [5, 5.41) is 9.82. The van der Waals surface area contributed by atoms with Gasteiger partial charge >= 0.3 is 0 Å². The lowest BCUT2D eigenvalue weighted by atomic mass is 10.1. The van der Waals surface area contributed by atoms with Gasteiger partial charge in [0, 0.05) is 12.7 Å². The molecule has 142 valence electrons. The number of unbranched alkanes of at least 4 members (excludes halogenated alkanes) is 1. The van der Waals surface area contributed by atoms with Gasteiger partial charge in [-0.25, -0.2) is 0 Å². The van der Waals surface area contributed by atoms with Crippen LogP contribution in [0.4, 0.5) is 0 Å². The number of aliphatic hydroxyl groups is 1. The largest absolute Gasteiger partial charge is 0.412 e. The summed E-state index contributed by atoms with van der Waals surface area (Å²) in [5.74, 6) is 0. The number of rotatable bonds is 11. The highest BCUT2D eigenvalue weighted by Gasteiger charge is 2.37. The number of hydrogen-bond donors (Lipinski definition) is 1. The maximum Gasteiger partial charge on any atom is 0.192 e. The van der Waals surface area contributed by atoms with Crippen LogP contribution in [0.3, 0.4) is 0 Å². The first kappa shape index (κ1) is 23.6. The smallest absolute Gasteiger partial charge is 0.192 e. The minimum Gasteiger partial charge on any atom is -0.412 e. The van der Waals surface area contributed by atoms with Crippen LogP contribution in [0.2, 0.25) is 18.1 Å². The summed E-state index contributed by atoms with van der Waals surface area (Å²) in [6.45, 7) is 15.9. The van der Waals surface area contributed by atoms with Crippen LogP contribution in [-0.2, 0) is 13.9 Å². The van der Waals surface area contributed by atoms with Crippen molar-refractivity contribution in [3.63, 3.8) is 0 Å². The van der Waals surface area contributed by atoms with Crippen molar-refractivity contribution >= 4 is 8.32 Å². The van der Waals surface area contributed by atoms with Gasteiger partial charge in [-0.1, -0.05) is 40.5 Å². The molecule has 0 aliphatic carbocycles. The van der Waals surface area contributed by atoms with Crippen molar-refractivity contribution in [1.29, 1.82) is 0 Å². The predicted molar refractivity (Wildman–Crippen MR) is 103 cm³/mol. The van der Waals surface area contributed by atoms with E-state index < -0.39 is 8.32 Å². The second kappa shape index (κ2) is 11.2. The summed E-state index contributed by atoms with van der Waals surface area (Å²) in [5.41, 5.74) is 5.08. The molecule has 0 aliphatic rings. The summed E-state index contributed by atoms with van der Waals surface area (Å²) >= 11 is 0. The molecule has 0 aromatic heterocycles. The van der Waals surface area contributed by atoms with Crippen molar-refractivity contribution < 1.29 is 19.0 Å². The Morgan fingerprint density at radius 1 is 1.25 bits per heavy atom. The van der Waals surface area contributed by atoms with Crippen molar-refractivity contribution in [2.24, 2.45) is 0 Å². The van der Waals surface area contributed by atoms with E-state index in [1.807, 2.05) is 6.92 Å². The summed E-state index contributed by atoms with van der Waals surface area (Å²) in [6, 6.07) is 0. The summed E-state index contributed by atoms with van der Waals surface area (Å²) < 4.78 is 17.0. The third-order valence-electron chi connectivity index (χ3n) is 4.67. The minimum absolute atomic E-state index is 0.0284. The Morgan fingerprint density at radius 2 is 1.88 bits per heavy atom. The van der Waals surface area contributed by atoms with Gasteiger partial charge in [0.15, 0.2) is 8.32 Å². The molecule has 0 aliphatic heterocycles. The van der Waals surface area contributed by atoms with Gasteiger partial charge in [0.05, 0.1) is 19.3 Å². The molecule has 0 saturated heterocycles. The minimum atomic E-state index is -1.84. The van der Waals surface area contributed by atoms with E-state index in [2.05, 4.69) is 46.5 Å². The van der Waals surface area contributed by atoms with Crippen LogP contribution in [0.1, 0.15) is 53.9 Å². The SMILES string of the molecule is CCCC[C@@H](OCOC)C(C)=C=C(CO)CO[Si](C)(C)C(C)(C)C. The van der Waals surface area contributed by atoms with Crippen molar-refractivity contribution in [3.8, 4) is 0 Å². The van der Waals surface area contributed by atoms with E-state index in [0.717, 1.165) is 30.4 Å². The highest BCUT2D eigenvalue weighted by molar-refractivity contribution is 6.74. The number of hydrogen-bond acceptors (Lipinski definition) is 4. The Hall–Kier alpha value is -0.423. The highest BCUT2D eigenvalue weighted by Crippen LogP contribution is 2.36. The Kier molecular flexibility index (Phi) is 11.0. The third kappa shape index (κ3) is 8.61. The van der Waals surface area contributed by atoms with Crippen LogP contribution in [0.5, 0.6) is 0 Å². The topological polar surface area (TPSA) is 47.9 Å². The molecule has 0 heterocycles.